The molecule has 6 rings (SSSR count). The molecule has 0 bridgehead atoms. The molecule has 3 N–H and O–H groups in total. The molecule has 2 aliphatic carbocycles. The SMILES string of the molecule is CC1(C)CC(=O)C2=C(C1)N(c1ccc(C(=O)Nc3ccc(S(N)(=O)=O)cc3)cc1)C1=C(C(=O)CC(C)(C)C1)C2c1ccc(Br)cc1. The van der Waals surface area contributed by atoms with Crippen LogP contribution in [0.3, 0.4) is 0 Å². The number of primary sulfonamides is 1. The van der Waals surface area contributed by atoms with E-state index in [1.54, 1.807) is 12.1 Å². The van der Waals surface area contributed by atoms with Crippen LogP contribution in [0.2, 0.25) is 0 Å². The van der Waals surface area contributed by atoms with Crippen molar-refractivity contribution >= 4 is 54.8 Å². The molecule has 0 aromatic heterocycles. The van der Waals surface area contributed by atoms with Crippen molar-refractivity contribution in [1.29, 1.82) is 0 Å². The van der Waals surface area contributed by atoms with E-state index in [9.17, 15) is 22.8 Å². The Balaban J connectivity index is 1.43. The van der Waals surface area contributed by atoms with Gasteiger partial charge in [0.15, 0.2) is 11.6 Å². The summed E-state index contributed by atoms with van der Waals surface area (Å²) in [6.07, 6.45) is 2.10. The first-order chi connectivity index (χ1) is 21.5. The van der Waals surface area contributed by atoms with Crippen LogP contribution < -0.4 is 15.4 Å². The number of rotatable bonds is 5. The third-order valence-corrected chi connectivity index (χ3v) is 10.4. The summed E-state index contributed by atoms with van der Waals surface area (Å²) in [6.45, 7) is 8.41. The monoisotopic (exact) mass is 701 g/mol. The molecule has 0 saturated heterocycles. The highest BCUT2D eigenvalue weighted by Gasteiger charge is 2.49. The Morgan fingerprint density at radius 2 is 1.28 bits per heavy atom. The van der Waals surface area contributed by atoms with E-state index in [4.69, 9.17) is 5.14 Å². The van der Waals surface area contributed by atoms with Crippen LogP contribution in [0.25, 0.3) is 0 Å². The first-order valence-corrected chi connectivity index (χ1v) is 17.5. The lowest BCUT2D eigenvalue weighted by Crippen LogP contribution is -2.44. The molecule has 0 radical (unpaired) electrons. The number of sulfonamides is 1. The summed E-state index contributed by atoms with van der Waals surface area (Å²) in [5.41, 5.74) is 5.14. The Bertz CT molecular complexity index is 1890. The van der Waals surface area contributed by atoms with Gasteiger partial charge in [-0.25, -0.2) is 13.6 Å². The second kappa shape index (κ2) is 11.4. The molecular formula is C36H36BrN3O5S. The van der Waals surface area contributed by atoms with Crippen LogP contribution in [-0.2, 0) is 19.6 Å². The van der Waals surface area contributed by atoms with Gasteiger partial charge in [0.2, 0.25) is 10.0 Å². The minimum absolute atomic E-state index is 0.0464. The lowest BCUT2D eigenvalue weighted by Gasteiger charge is -2.49. The molecule has 0 spiro atoms. The standard InChI is InChI=1S/C36H36BrN3O5S/c1-35(2)17-27-32(29(41)19-35)31(21-5-9-23(37)10-6-21)33-28(18-36(3,4)20-30(33)42)40(27)25-13-7-22(8-14-25)34(43)39-24-11-15-26(16-12-24)46(38,44)45/h5-16,31H,17-20H2,1-4H3,(H,39,43)(H2,38,44,45). The predicted octanol–water partition coefficient (Wildman–Crippen LogP) is 7.24. The molecule has 238 valence electrons. The van der Waals surface area contributed by atoms with Gasteiger partial charge in [0.05, 0.1) is 4.90 Å². The average molecular weight is 703 g/mol. The summed E-state index contributed by atoms with van der Waals surface area (Å²) < 4.78 is 24.1. The van der Waals surface area contributed by atoms with Crippen molar-refractivity contribution in [3.63, 3.8) is 0 Å². The molecule has 1 aliphatic heterocycles. The Hall–Kier alpha value is -3.86. The van der Waals surface area contributed by atoms with Crippen LogP contribution in [0.15, 0.2) is 105 Å². The molecule has 46 heavy (non-hydrogen) atoms. The van der Waals surface area contributed by atoms with E-state index >= 15 is 0 Å². The summed E-state index contributed by atoms with van der Waals surface area (Å²) in [5, 5.41) is 7.97. The van der Waals surface area contributed by atoms with Gasteiger partial charge in [-0.3, -0.25) is 14.4 Å². The number of hydrogen-bond acceptors (Lipinski definition) is 6. The first-order valence-electron chi connectivity index (χ1n) is 15.2. The van der Waals surface area contributed by atoms with Gasteiger partial charge >= 0.3 is 0 Å². The van der Waals surface area contributed by atoms with E-state index in [1.165, 1.54) is 24.3 Å². The van der Waals surface area contributed by atoms with Crippen LogP contribution in [0, 0.1) is 10.8 Å². The summed E-state index contributed by atoms with van der Waals surface area (Å²) in [5.74, 6) is -0.700. The van der Waals surface area contributed by atoms with Crippen molar-refractivity contribution in [1.82, 2.24) is 0 Å². The lowest BCUT2D eigenvalue weighted by atomic mass is 9.63. The maximum absolute atomic E-state index is 14.1. The first kappa shape index (κ1) is 32.1. The maximum atomic E-state index is 14.1. The highest BCUT2D eigenvalue weighted by atomic mass is 79.9. The van der Waals surface area contributed by atoms with Gasteiger partial charge in [-0.05, 0) is 89.9 Å². The molecular weight excluding hydrogens is 666 g/mol. The van der Waals surface area contributed by atoms with Gasteiger partial charge in [0, 0.05) is 62.7 Å². The Labute approximate surface area is 277 Å². The summed E-state index contributed by atoms with van der Waals surface area (Å²) in [4.78, 5) is 43.3. The number of amides is 1. The Kier molecular flexibility index (Phi) is 7.98. The number of nitrogens with one attached hydrogen (secondary N) is 1. The van der Waals surface area contributed by atoms with Crippen LogP contribution >= 0.6 is 15.9 Å². The fourth-order valence-electron chi connectivity index (χ4n) is 6.96. The molecule has 0 fully saturated rings. The minimum Gasteiger partial charge on any atom is -0.322 e. The molecule has 8 nitrogen and oxygen atoms in total. The maximum Gasteiger partial charge on any atom is 0.255 e. The Morgan fingerprint density at radius 3 is 1.76 bits per heavy atom. The van der Waals surface area contributed by atoms with E-state index in [2.05, 4.69) is 53.8 Å². The lowest BCUT2D eigenvalue weighted by molar-refractivity contribution is -0.119. The summed E-state index contributed by atoms with van der Waals surface area (Å²) in [7, 11) is -3.84. The fraction of sp³-hybridized carbons (Fsp3) is 0.306. The second-order valence-corrected chi connectivity index (χ2v) is 16.5. The zero-order chi connectivity index (χ0) is 33.2. The minimum atomic E-state index is -3.84. The van der Waals surface area contributed by atoms with E-state index in [-0.39, 0.29) is 33.2 Å². The molecule has 3 aromatic rings. The third kappa shape index (κ3) is 6.13. The number of nitrogens with two attached hydrogens (primary N) is 1. The van der Waals surface area contributed by atoms with Crippen LogP contribution in [-0.4, -0.2) is 25.9 Å². The van der Waals surface area contributed by atoms with Gasteiger partial charge in [-0.1, -0.05) is 55.8 Å². The zero-order valence-electron chi connectivity index (χ0n) is 26.2. The summed E-state index contributed by atoms with van der Waals surface area (Å²) >= 11 is 3.52. The van der Waals surface area contributed by atoms with Gasteiger partial charge < -0.3 is 10.2 Å². The number of allylic oxidation sites excluding steroid dienone is 4. The highest BCUT2D eigenvalue weighted by Crippen LogP contribution is 2.55. The topological polar surface area (TPSA) is 127 Å². The van der Waals surface area contributed by atoms with Crippen molar-refractivity contribution < 1.29 is 22.8 Å². The number of Topliss-reactive ketones (excluding diaryl/α,β-unsaturated/α-hetero) is 2. The second-order valence-electron chi connectivity index (χ2n) is 14.0. The molecule has 3 aromatic carbocycles. The number of benzene rings is 3. The van der Waals surface area contributed by atoms with Gasteiger partial charge in [0.1, 0.15) is 0 Å². The van der Waals surface area contributed by atoms with E-state index in [0.29, 0.717) is 48.1 Å². The van der Waals surface area contributed by atoms with Crippen molar-refractivity contribution in [3.05, 3.63) is 111 Å². The van der Waals surface area contributed by atoms with Crippen LogP contribution in [0.1, 0.15) is 75.2 Å². The van der Waals surface area contributed by atoms with Gasteiger partial charge in [0.25, 0.3) is 5.91 Å². The van der Waals surface area contributed by atoms with Crippen LogP contribution in [0.5, 0.6) is 0 Å². The van der Waals surface area contributed by atoms with E-state index < -0.39 is 15.9 Å². The molecule has 1 amide bonds. The van der Waals surface area contributed by atoms with E-state index in [1.807, 2.05) is 36.4 Å². The number of halogens is 1. The van der Waals surface area contributed by atoms with Crippen molar-refractivity contribution in [3.8, 4) is 0 Å². The van der Waals surface area contributed by atoms with Crippen molar-refractivity contribution in [2.45, 2.75) is 64.2 Å². The molecule has 0 atom stereocenters. The third-order valence-electron chi connectivity index (χ3n) is 8.94. The normalized spacial score (nSPS) is 19.6. The number of carbonyl (C=O) groups is 3. The molecule has 10 heteroatoms. The number of anilines is 2. The van der Waals surface area contributed by atoms with Crippen molar-refractivity contribution in [2.75, 3.05) is 10.2 Å². The quantitative estimate of drug-likeness (QED) is 0.289. The molecule has 3 aliphatic rings. The average Bonchev–Trinajstić information content (AvgIpc) is 2.95. The highest BCUT2D eigenvalue weighted by molar-refractivity contribution is 9.10. The molecule has 0 unspecified atom stereocenters. The predicted molar refractivity (Wildman–Crippen MR) is 182 cm³/mol. The number of ketones is 2. The zero-order valence-corrected chi connectivity index (χ0v) is 28.6. The van der Waals surface area contributed by atoms with Gasteiger partial charge in [-0.2, -0.15) is 0 Å². The fourth-order valence-corrected chi connectivity index (χ4v) is 7.74. The van der Waals surface area contributed by atoms with Crippen molar-refractivity contribution in [2.24, 2.45) is 16.0 Å². The van der Waals surface area contributed by atoms with Crippen LogP contribution in [0.4, 0.5) is 11.4 Å². The smallest absolute Gasteiger partial charge is 0.255 e. The number of carbonyl (C=O) groups excluding carboxylic acids is 3. The largest absolute Gasteiger partial charge is 0.322 e. The number of nitrogens with zero attached hydrogens (tertiary/aromatic N) is 1. The Morgan fingerprint density at radius 1 is 0.783 bits per heavy atom. The summed E-state index contributed by atoms with van der Waals surface area (Å²) in [6, 6.07) is 20.7. The van der Waals surface area contributed by atoms with E-state index in [0.717, 1.165) is 27.1 Å². The molecule has 0 saturated carbocycles. The molecule has 1 heterocycles. The number of hydrogen-bond donors (Lipinski definition) is 2. The van der Waals surface area contributed by atoms with Gasteiger partial charge in [-0.15, -0.1) is 0 Å².